The van der Waals surface area contributed by atoms with Crippen molar-refractivity contribution in [2.24, 2.45) is 0 Å². The highest BCUT2D eigenvalue weighted by atomic mass is 32.2. The molecule has 20 heavy (non-hydrogen) atoms. The largest absolute Gasteiger partial charge is 0.418 e. The first-order valence-corrected chi connectivity index (χ1v) is 6.30. The van der Waals surface area contributed by atoms with Crippen LogP contribution >= 0.6 is 11.8 Å². The van der Waals surface area contributed by atoms with Crippen LogP contribution in [0.3, 0.4) is 0 Å². The minimum absolute atomic E-state index is 0.230. The van der Waals surface area contributed by atoms with E-state index in [0.717, 1.165) is 17.8 Å². The Balaban J connectivity index is 2.37. The Kier molecular flexibility index (Phi) is 3.76. The summed E-state index contributed by atoms with van der Waals surface area (Å²) in [5.41, 5.74) is 4.20. The molecule has 0 saturated heterocycles. The number of aryl methyl sites for hydroxylation is 1. The molecule has 8 heteroatoms. The molecule has 106 valence electrons. The van der Waals surface area contributed by atoms with Crippen LogP contribution in [0, 0.1) is 6.92 Å². The number of nitrogens with one attached hydrogen (secondary N) is 1. The number of halogens is 3. The van der Waals surface area contributed by atoms with Crippen LogP contribution in [0.1, 0.15) is 11.3 Å². The van der Waals surface area contributed by atoms with Crippen molar-refractivity contribution in [2.75, 3.05) is 5.73 Å². The topological polar surface area (TPSA) is 71.8 Å². The molecule has 1 aromatic carbocycles. The molecule has 2 aromatic rings. The molecular formula is C12H10F3N3OS. The lowest BCUT2D eigenvalue weighted by molar-refractivity contribution is -0.137. The van der Waals surface area contributed by atoms with Gasteiger partial charge in [-0.15, -0.1) is 0 Å². The number of alkyl halides is 3. The summed E-state index contributed by atoms with van der Waals surface area (Å²) in [4.78, 5) is 18.1. The molecule has 0 fully saturated rings. The zero-order chi connectivity index (χ0) is 14.9. The van der Waals surface area contributed by atoms with Gasteiger partial charge in [0.2, 0.25) is 0 Å². The number of rotatable bonds is 2. The second-order valence-corrected chi connectivity index (χ2v) is 5.10. The van der Waals surface area contributed by atoms with Crippen molar-refractivity contribution in [1.29, 1.82) is 0 Å². The number of benzene rings is 1. The van der Waals surface area contributed by atoms with Crippen LogP contribution in [0.4, 0.5) is 18.9 Å². The van der Waals surface area contributed by atoms with Gasteiger partial charge >= 0.3 is 6.18 Å². The maximum atomic E-state index is 12.7. The molecule has 1 heterocycles. The highest BCUT2D eigenvalue weighted by molar-refractivity contribution is 7.99. The van der Waals surface area contributed by atoms with E-state index in [4.69, 9.17) is 5.73 Å². The van der Waals surface area contributed by atoms with Gasteiger partial charge in [-0.2, -0.15) is 13.2 Å². The summed E-state index contributed by atoms with van der Waals surface area (Å²) < 4.78 is 38.2. The number of nitrogens with zero attached hydrogens (tertiary/aromatic N) is 1. The average Bonchev–Trinajstić information content (AvgIpc) is 2.29. The van der Waals surface area contributed by atoms with Gasteiger partial charge in [-0.25, -0.2) is 4.98 Å². The number of anilines is 1. The Morgan fingerprint density at radius 1 is 1.30 bits per heavy atom. The number of aromatic nitrogens is 2. The Labute approximate surface area is 116 Å². The summed E-state index contributed by atoms with van der Waals surface area (Å²) in [7, 11) is 0. The van der Waals surface area contributed by atoms with Gasteiger partial charge in [0.1, 0.15) is 0 Å². The minimum atomic E-state index is -4.52. The fraction of sp³-hybridized carbons (Fsp3) is 0.167. The lowest BCUT2D eigenvalue weighted by Crippen LogP contribution is -2.09. The lowest BCUT2D eigenvalue weighted by atomic mass is 10.2. The predicted molar refractivity (Wildman–Crippen MR) is 69.6 cm³/mol. The molecule has 0 aliphatic rings. The van der Waals surface area contributed by atoms with Crippen LogP contribution in [-0.2, 0) is 6.18 Å². The predicted octanol–water partition coefficient (Wildman–Crippen LogP) is 2.83. The number of hydrogen-bond donors (Lipinski definition) is 2. The quantitative estimate of drug-likeness (QED) is 0.661. The maximum absolute atomic E-state index is 12.7. The second kappa shape index (κ2) is 5.20. The van der Waals surface area contributed by atoms with Crippen LogP contribution in [0.2, 0.25) is 0 Å². The highest BCUT2D eigenvalue weighted by Crippen LogP contribution is 2.36. The van der Waals surface area contributed by atoms with Crippen LogP contribution < -0.4 is 11.3 Å². The smallest absolute Gasteiger partial charge is 0.398 e. The fourth-order valence-electron chi connectivity index (χ4n) is 1.56. The molecule has 0 atom stereocenters. The Bertz CT molecular complexity index is 697. The van der Waals surface area contributed by atoms with Gasteiger partial charge in [0, 0.05) is 22.3 Å². The van der Waals surface area contributed by atoms with E-state index in [9.17, 15) is 18.0 Å². The van der Waals surface area contributed by atoms with Gasteiger partial charge in [-0.1, -0.05) is 11.8 Å². The summed E-state index contributed by atoms with van der Waals surface area (Å²) in [5, 5.41) is 0.230. The van der Waals surface area contributed by atoms with Crippen LogP contribution in [-0.4, -0.2) is 9.97 Å². The molecule has 0 spiro atoms. The third-order valence-corrected chi connectivity index (χ3v) is 3.27. The molecule has 2 rings (SSSR count). The monoisotopic (exact) mass is 301 g/mol. The molecule has 3 N–H and O–H groups in total. The van der Waals surface area contributed by atoms with E-state index in [-0.39, 0.29) is 16.4 Å². The number of nitrogen functional groups attached to an aromatic ring is 1. The molecular weight excluding hydrogens is 291 g/mol. The Morgan fingerprint density at radius 2 is 2.00 bits per heavy atom. The summed E-state index contributed by atoms with van der Waals surface area (Å²) in [6.45, 7) is 1.63. The van der Waals surface area contributed by atoms with E-state index in [1.165, 1.54) is 18.2 Å². The molecule has 0 saturated carbocycles. The van der Waals surface area contributed by atoms with Crippen LogP contribution in [0.25, 0.3) is 0 Å². The first kappa shape index (κ1) is 14.4. The molecule has 1 aromatic heterocycles. The third kappa shape index (κ3) is 3.32. The van der Waals surface area contributed by atoms with Gasteiger partial charge in [-0.3, -0.25) is 4.79 Å². The van der Waals surface area contributed by atoms with Gasteiger partial charge in [0.05, 0.1) is 5.56 Å². The third-order valence-electron chi connectivity index (χ3n) is 2.39. The first-order valence-electron chi connectivity index (χ1n) is 5.48. The van der Waals surface area contributed by atoms with E-state index in [0.29, 0.717) is 10.6 Å². The molecule has 0 amide bonds. The number of aromatic amines is 1. The molecule has 0 aliphatic carbocycles. The SMILES string of the molecule is Cc1cc(=O)[nH]c(Sc2ccc(N)c(C(F)(F)F)c2)n1. The first-order chi connectivity index (χ1) is 9.25. The number of H-pyrrole nitrogens is 1. The van der Waals surface area contributed by atoms with E-state index in [1.54, 1.807) is 6.92 Å². The standard InChI is InChI=1S/C12H10F3N3OS/c1-6-4-10(19)18-11(17-6)20-7-2-3-9(16)8(5-7)12(13,14)15/h2-5H,16H2,1H3,(H,17,18,19). The van der Waals surface area contributed by atoms with Crippen molar-refractivity contribution in [3.8, 4) is 0 Å². The zero-order valence-electron chi connectivity index (χ0n) is 10.3. The fourth-order valence-corrected chi connectivity index (χ4v) is 2.43. The normalized spacial score (nSPS) is 11.6. The Hall–Kier alpha value is -1.96. The van der Waals surface area contributed by atoms with Gasteiger partial charge in [0.25, 0.3) is 5.56 Å². The van der Waals surface area contributed by atoms with E-state index < -0.39 is 11.7 Å². The van der Waals surface area contributed by atoms with Crippen molar-refractivity contribution >= 4 is 17.4 Å². The lowest BCUT2D eigenvalue weighted by Gasteiger charge is -2.11. The summed E-state index contributed by atoms with van der Waals surface area (Å²) in [6, 6.07) is 4.85. The molecule has 0 aliphatic heterocycles. The van der Waals surface area contributed by atoms with Crippen molar-refractivity contribution in [1.82, 2.24) is 9.97 Å². The maximum Gasteiger partial charge on any atom is 0.418 e. The van der Waals surface area contributed by atoms with Crippen molar-refractivity contribution in [3.63, 3.8) is 0 Å². The second-order valence-electron chi connectivity index (χ2n) is 4.04. The zero-order valence-corrected chi connectivity index (χ0v) is 11.1. The summed E-state index contributed by atoms with van der Waals surface area (Å²) in [6.07, 6.45) is -4.52. The van der Waals surface area contributed by atoms with Gasteiger partial charge in [-0.05, 0) is 25.1 Å². The molecule has 0 radical (unpaired) electrons. The van der Waals surface area contributed by atoms with Crippen molar-refractivity contribution in [2.45, 2.75) is 23.2 Å². The average molecular weight is 301 g/mol. The molecule has 0 unspecified atom stereocenters. The van der Waals surface area contributed by atoms with E-state index in [1.807, 2.05) is 0 Å². The van der Waals surface area contributed by atoms with Gasteiger partial charge in [0.15, 0.2) is 5.16 Å². The molecule has 0 bridgehead atoms. The highest BCUT2D eigenvalue weighted by Gasteiger charge is 2.33. The van der Waals surface area contributed by atoms with Crippen LogP contribution in [0.15, 0.2) is 39.1 Å². The minimum Gasteiger partial charge on any atom is -0.398 e. The van der Waals surface area contributed by atoms with Crippen molar-refractivity contribution in [3.05, 3.63) is 45.9 Å². The number of nitrogens with two attached hydrogens (primary N) is 1. The van der Waals surface area contributed by atoms with E-state index >= 15 is 0 Å². The summed E-state index contributed by atoms with van der Waals surface area (Å²) in [5.74, 6) is 0. The Morgan fingerprint density at radius 3 is 2.60 bits per heavy atom. The number of hydrogen-bond acceptors (Lipinski definition) is 4. The summed E-state index contributed by atoms with van der Waals surface area (Å²) >= 11 is 0.933. The van der Waals surface area contributed by atoms with E-state index in [2.05, 4.69) is 9.97 Å². The van der Waals surface area contributed by atoms with Crippen LogP contribution in [0.5, 0.6) is 0 Å². The van der Waals surface area contributed by atoms with Crippen molar-refractivity contribution < 1.29 is 13.2 Å². The van der Waals surface area contributed by atoms with Gasteiger partial charge < -0.3 is 10.7 Å². The molecule has 4 nitrogen and oxygen atoms in total.